The molecule has 1 aliphatic heterocycles. The Bertz CT molecular complexity index is 1010. The number of carbonyl (C=O) groups is 1. The van der Waals surface area contributed by atoms with Crippen LogP contribution in [0.25, 0.3) is 0 Å². The maximum Gasteiger partial charge on any atom is 0.253 e. The Balaban J connectivity index is 1.50. The van der Waals surface area contributed by atoms with E-state index < -0.39 is 0 Å². The molecule has 4 rings (SSSR count). The number of nitrogens with zero attached hydrogens (tertiary/aromatic N) is 5. The summed E-state index contributed by atoms with van der Waals surface area (Å²) in [5, 5.41) is 12.1. The minimum absolute atomic E-state index is 0.139. The molecule has 1 amide bonds. The number of hydrogen-bond donors (Lipinski definition) is 1. The fourth-order valence-corrected chi connectivity index (χ4v) is 4.03. The van der Waals surface area contributed by atoms with Crippen LogP contribution in [0.4, 0.5) is 0 Å². The molecule has 0 saturated heterocycles. The Morgan fingerprint density at radius 2 is 2.06 bits per heavy atom. The summed E-state index contributed by atoms with van der Waals surface area (Å²) in [6.45, 7) is 9.61. The van der Waals surface area contributed by atoms with Crippen molar-refractivity contribution in [2.24, 2.45) is 5.92 Å². The van der Waals surface area contributed by atoms with Gasteiger partial charge in [-0.2, -0.15) is 0 Å². The van der Waals surface area contributed by atoms with Gasteiger partial charge in [-0.1, -0.05) is 13.8 Å². The van der Waals surface area contributed by atoms with E-state index in [0.717, 1.165) is 62.2 Å². The number of nitrogens with one attached hydrogen (secondary N) is 1. The van der Waals surface area contributed by atoms with E-state index in [1.165, 1.54) is 0 Å². The second-order valence-corrected chi connectivity index (χ2v) is 8.56. The van der Waals surface area contributed by atoms with Gasteiger partial charge in [0.25, 0.3) is 5.91 Å². The van der Waals surface area contributed by atoms with E-state index in [0.29, 0.717) is 11.5 Å². The lowest BCUT2D eigenvalue weighted by Gasteiger charge is -2.22. The summed E-state index contributed by atoms with van der Waals surface area (Å²) in [7, 11) is 0. The molecule has 0 unspecified atom stereocenters. The van der Waals surface area contributed by atoms with E-state index in [-0.39, 0.29) is 11.9 Å². The maximum atomic E-state index is 12.8. The zero-order chi connectivity index (χ0) is 21.8. The highest BCUT2D eigenvalue weighted by Gasteiger charge is 2.26. The third-order valence-corrected chi connectivity index (χ3v) is 5.57. The van der Waals surface area contributed by atoms with Crippen molar-refractivity contribution in [1.82, 2.24) is 30.0 Å². The van der Waals surface area contributed by atoms with E-state index in [1.807, 2.05) is 19.1 Å². The number of aryl methyl sites for hydroxylation is 1. The Labute approximate surface area is 182 Å². The molecule has 0 aromatic carbocycles. The summed E-state index contributed by atoms with van der Waals surface area (Å²) in [5.74, 6) is 3.98. The summed E-state index contributed by atoms with van der Waals surface area (Å²) in [6.07, 6.45) is 4.86. The van der Waals surface area contributed by atoms with Crippen molar-refractivity contribution in [3.8, 4) is 0 Å². The van der Waals surface area contributed by atoms with Crippen LogP contribution in [0.3, 0.4) is 0 Å². The molecule has 8 heteroatoms. The minimum atomic E-state index is -0.201. The normalized spacial score (nSPS) is 15.5. The van der Waals surface area contributed by atoms with Gasteiger partial charge in [0.1, 0.15) is 17.3 Å². The zero-order valence-electron chi connectivity index (χ0n) is 18.4. The van der Waals surface area contributed by atoms with Crippen LogP contribution in [-0.4, -0.2) is 43.6 Å². The molecule has 31 heavy (non-hydrogen) atoms. The maximum absolute atomic E-state index is 12.8. The van der Waals surface area contributed by atoms with Gasteiger partial charge in [-0.15, -0.1) is 10.2 Å². The van der Waals surface area contributed by atoms with Gasteiger partial charge < -0.3 is 14.3 Å². The molecule has 3 aromatic rings. The molecule has 0 spiro atoms. The summed E-state index contributed by atoms with van der Waals surface area (Å²) in [5.41, 5.74) is 0.548. The molecule has 3 aromatic heterocycles. The van der Waals surface area contributed by atoms with Crippen molar-refractivity contribution in [3.63, 3.8) is 0 Å². The molecule has 1 aliphatic rings. The highest BCUT2D eigenvalue weighted by Crippen LogP contribution is 2.23. The molecule has 1 atom stereocenters. The van der Waals surface area contributed by atoms with Gasteiger partial charge in [-0.25, -0.2) is 0 Å². The van der Waals surface area contributed by atoms with E-state index in [4.69, 9.17) is 4.42 Å². The van der Waals surface area contributed by atoms with Crippen molar-refractivity contribution in [1.29, 1.82) is 0 Å². The molecule has 1 N–H and O–H groups in total. The Morgan fingerprint density at radius 1 is 1.19 bits per heavy atom. The highest BCUT2D eigenvalue weighted by atomic mass is 16.3. The number of carbonyl (C=O) groups excluding carboxylic acids is 1. The molecular formula is C23H30N6O2. The first-order chi connectivity index (χ1) is 15.0. The lowest BCUT2D eigenvalue weighted by atomic mass is 10.0. The molecule has 0 radical (unpaired) electrons. The first-order valence-corrected chi connectivity index (χ1v) is 10.9. The zero-order valence-corrected chi connectivity index (χ0v) is 18.4. The first-order valence-electron chi connectivity index (χ1n) is 10.9. The van der Waals surface area contributed by atoms with Crippen molar-refractivity contribution < 1.29 is 9.21 Å². The molecule has 164 valence electrons. The van der Waals surface area contributed by atoms with Gasteiger partial charge in [0.15, 0.2) is 5.82 Å². The summed E-state index contributed by atoms with van der Waals surface area (Å²) < 4.78 is 7.93. The number of fused-ring (bicyclic) bond motifs is 1. The molecule has 8 nitrogen and oxygen atoms in total. The number of pyridine rings is 1. The molecule has 0 fully saturated rings. The van der Waals surface area contributed by atoms with Crippen molar-refractivity contribution in [2.75, 3.05) is 13.1 Å². The first kappa shape index (κ1) is 21.2. The molecule has 4 heterocycles. The number of rotatable bonds is 7. The van der Waals surface area contributed by atoms with E-state index >= 15 is 0 Å². The Morgan fingerprint density at radius 3 is 2.77 bits per heavy atom. The quantitative estimate of drug-likeness (QED) is 0.629. The van der Waals surface area contributed by atoms with Crippen LogP contribution in [0.5, 0.6) is 0 Å². The number of amides is 1. The average molecular weight is 423 g/mol. The number of aromatic nitrogens is 4. The largest absolute Gasteiger partial charge is 0.465 e. The second kappa shape index (κ2) is 9.43. The van der Waals surface area contributed by atoms with Gasteiger partial charge in [-0.05, 0) is 43.5 Å². The fraction of sp³-hybridized carbons (Fsp3) is 0.478. The van der Waals surface area contributed by atoms with Crippen LogP contribution in [0.2, 0.25) is 0 Å². The standard InChI is InChI=1S/C23H30N6O2/c1-16(2)13-20(25-23(30)18-5-4-9-24-14-18)22-27-26-21-8-10-28(11-12-29(21)22)15-19-7-6-17(3)31-19/h4-7,9,14,16,20H,8,10-13,15H2,1-3H3,(H,25,30)/t20-/m0/s1. The van der Waals surface area contributed by atoms with Crippen LogP contribution < -0.4 is 5.32 Å². The SMILES string of the molecule is Cc1ccc(CN2CCc3nnc([C@H](CC(C)C)NC(=O)c4cccnc4)n3CC2)o1. The molecule has 0 aliphatic carbocycles. The van der Waals surface area contributed by atoms with Gasteiger partial charge in [-0.3, -0.25) is 14.7 Å². The third kappa shape index (κ3) is 5.19. The second-order valence-electron chi connectivity index (χ2n) is 8.56. The van der Waals surface area contributed by atoms with E-state index in [1.54, 1.807) is 24.5 Å². The average Bonchev–Trinajstić information content (AvgIpc) is 3.29. The van der Waals surface area contributed by atoms with Gasteiger partial charge in [0.05, 0.1) is 18.2 Å². The molecule has 0 bridgehead atoms. The lowest BCUT2D eigenvalue weighted by molar-refractivity contribution is 0.0928. The van der Waals surface area contributed by atoms with Crippen molar-refractivity contribution >= 4 is 5.91 Å². The summed E-state index contributed by atoms with van der Waals surface area (Å²) >= 11 is 0. The van der Waals surface area contributed by atoms with Crippen molar-refractivity contribution in [2.45, 2.75) is 52.7 Å². The summed E-state index contributed by atoms with van der Waals surface area (Å²) in [6, 6.07) is 7.38. The van der Waals surface area contributed by atoms with Crippen LogP contribution in [0.1, 0.15) is 59.8 Å². The third-order valence-electron chi connectivity index (χ3n) is 5.57. The fourth-order valence-electron chi connectivity index (χ4n) is 4.03. The predicted octanol–water partition coefficient (Wildman–Crippen LogP) is 3.15. The molecule has 0 saturated carbocycles. The van der Waals surface area contributed by atoms with Crippen LogP contribution in [-0.2, 0) is 19.5 Å². The highest BCUT2D eigenvalue weighted by molar-refractivity contribution is 5.94. The topological polar surface area (TPSA) is 89.1 Å². The predicted molar refractivity (Wildman–Crippen MR) is 116 cm³/mol. The van der Waals surface area contributed by atoms with Crippen molar-refractivity contribution in [3.05, 3.63) is 65.4 Å². The minimum Gasteiger partial charge on any atom is -0.465 e. The Kier molecular flexibility index (Phi) is 6.46. The smallest absolute Gasteiger partial charge is 0.253 e. The number of furan rings is 1. The van der Waals surface area contributed by atoms with Gasteiger partial charge in [0, 0.05) is 38.4 Å². The van der Waals surface area contributed by atoms with Crippen LogP contribution in [0.15, 0.2) is 41.1 Å². The van der Waals surface area contributed by atoms with Gasteiger partial charge >= 0.3 is 0 Å². The monoisotopic (exact) mass is 422 g/mol. The van der Waals surface area contributed by atoms with Crippen LogP contribution >= 0.6 is 0 Å². The van der Waals surface area contributed by atoms with Gasteiger partial charge in [0.2, 0.25) is 0 Å². The summed E-state index contributed by atoms with van der Waals surface area (Å²) in [4.78, 5) is 19.2. The molecular weight excluding hydrogens is 392 g/mol. The van der Waals surface area contributed by atoms with E-state index in [9.17, 15) is 4.79 Å². The number of hydrogen-bond acceptors (Lipinski definition) is 6. The Hall–Kier alpha value is -3.00. The van der Waals surface area contributed by atoms with Crippen LogP contribution in [0, 0.1) is 12.8 Å². The van der Waals surface area contributed by atoms with E-state index in [2.05, 4.69) is 43.8 Å². The lowest BCUT2D eigenvalue weighted by Crippen LogP contribution is -2.32.